The molecular formula is C11H8Cl2N2O2. The molecule has 0 fully saturated rings. The third-order valence-corrected chi connectivity index (χ3v) is 2.77. The quantitative estimate of drug-likeness (QED) is 0.908. The average Bonchev–Trinajstić information content (AvgIpc) is 2.70. The number of amides is 1. The molecule has 0 spiro atoms. The summed E-state index contributed by atoms with van der Waals surface area (Å²) < 4.78 is 4.95. The lowest BCUT2D eigenvalue weighted by molar-refractivity contribution is 0.102. The number of hydrogen-bond donors (Lipinski definition) is 1. The van der Waals surface area contributed by atoms with E-state index in [4.69, 9.17) is 27.6 Å². The van der Waals surface area contributed by atoms with E-state index in [0.29, 0.717) is 21.6 Å². The van der Waals surface area contributed by atoms with Gasteiger partial charge in [-0.05, 0) is 18.2 Å². The molecule has 1 amide bonds. The number of rotatable bonds is 2. The van der Waals surface area contributed by atoms with E-state index in [1.807, 2.05) is 0 Å². The number of nitrogens with zero attached hydrogens (tertiary/aromatic N) is 1. The maximum Gasteiger partial charge on any atom is 0.277 e. The van der Waals surface area contributed by atoms with E-state index in [0.717, 1.165) is 0 Å². The molecule has 88 valence electrons. The van der Waals surface area contributed by atoms with Crippen LogP contribution in [-0.4, -0.2) is 10.9 Å². The molecule has 0 radical (unpaired) electrons. The Hall–Kier alpha value is -1.52. The van der Waals surface area contributed by atoms with Crippen molar-refractivity contribution in [3.05, 3.63) is 46.1 Å². The third-order valence-electron chi connectivity index (χ3n) is 2.03. The van der Waals surface area contributed by atoms with E-state index in [-0.39, 0.29) is 11.6 Å². The van der Waals surface area contributed by atoms with Gasteiger partial charge in [-0.2, -0.15) is 0 Å². The lowest BCUT2D eigenvalue weighted by Gasteiger charge is -2.03. The van der Waals surface area contributed by atoms with Crippen LogP contribution in [0, 0.1) is 6.92 Å². The fourth-order valence-corrected chi connectivity index (χ4v) is 1.53. The zero-order valence-corrected chi connectivity index (χ0v) is 10.3. The van der Waals surface area contributed by atoms with Gasteiger partial charge in [0.2, 0.25) is 0 Å². The van der Waals surface area contributed by atoms with Gasteiger partial charge in [-0.3, -0.25) is 4.79 Å². The summed E-state index contributed by atoms with van der Waals surface area (Å²) in [5.41, 5.74) is 0.763. The summed E-state index contributed by atoms with van der Waals surface area (Å²) >= 11 is 11.6. The minimum atomic E-state index is -0.361. The zero-order chi connectivity index (χ0) is 12.4. The number of carbonyl (C=O) groups is 1. The topological polar surface area (TPSA) is 55.1 Å². The summed E-state index contributed by atoms with van der Waals surface area (Å²) in [5.74, 6) is 0.0736. The molecule has 1 aromatic carbocycles. The number of carbonyl (C=O) groups excluding carboxylic acids is 1. The maximum absolute atomic E-state index is 11.7. The summed E-state index contributed by atoms with van der Waals surface area (Å²) in [4.78, 5) is 15.6. The van der Waals surface area contributed by atoms with Crippen molar-refractivity contribution < 1.29 is 9.21 Å². The van der Waals surface area contributed by atoms with Gasteiger partial charge in [0.1, 0.15) is 6.26 Å². The predicted octanol–water partition coefficient (Wildman–Crippen LogP) is 3.54. The molecule has 6 heteroatoms. The first-order chi connectivity index (χ1) is 8.06. The molecule has 2 aromatic rings. The Balaban J connectivity index is 2.15. The van der Waals surface area contributed by atoms with Crippen LogP contribution < -0.4 is 5.32 Å². The molecule has 0 saturated heterocycles. The summed E-state index contributed by atoms with van der Waals surface area (Å²) in [6.45, 7) is 1.66. The number of benzene rings is 1. The molecule has 0 aliphatic heterocycles. The number of halogens is 2. The predicted molar refractivity (Wildman–Crippen MR) is 65.7 cm³/mol. The summed E-state index contributed by atoms with van der Waals surface area (Å²) in [6, 6.07) is 4.82. The van der Waals surface area contributed by atoms with Crippen molar-refractivity contribution in [1.82, 2.24) is 4.98 Å². The van der Waals surface area contributed by atoms with Crippen LogP contribution in [0.4, 0.5) is 5.69 Å². The molecule has 17 heavy (non-hydrogen) atoms. The Kier molecular flexibility index (Phi) is 3.36. The van der Waals surface area contributed by atoms with Gasteiger partial charge in [0.05, 0.1) is 10.0 Å². The molecule has 0 aliphatic carbocycles. The second kappa shape index (κ2) is 4.77. The van der Waals surface area contributed by atoms with E-state index >= 15 is 0 Å². The minimum absolute atomic E-state index is 0.216. The molecule has 1 aromatic heterocycles. The Morgan fingerprint density at radius 1 is 1.35 bits per heavy atom. The van der Waals surface area contributed by atoms with E-state index in [1.54, 1.807) is 25.1 Å². The van der Waals surface area contributed by atoms with E-state index in [9.17, 15) is 4.79 Å². The minimum Gasteiger partial charge on any atom is -0.448 e. The molecule has 2 rings (SSSR count). The molecule has 0 unspecified atom stereocenters. The molecule has 4 nitrogen and oxygen atoms in total. The number of anilines is 1. The number of aromatic nitrogens is 1. The van der Waals surface area contributed by atoms with Crippen molar-refractivity contribution in [2.75, 3.05) is 5.32 Å². The summed E-state index contributed by atoms with van der Waals surface area (Å²) in [5, 5.41) is 3.44. The number of oxazole rings is 1. The van der Waals surface area contributed by atoms with Gasteiger partial charge in [-0.1, -0.05) is 23.2 Å². The van der Waals surface area contributed by atoms with Crippen molar-refractivity contribution in [2.24, 2.45) is 0 Å². The zero-order valence-electron chi connectivity index (χ0n) is 8.83. The van der Waals surface area contributed by atoms with E-state index in [1.165, 1.54) is 6.26 Å². The number of nitrogens with one attached hydrogen (secondary N) is 1. The highest BCUT2D eigenvalue weighted by Crippen LogP contribution is 2.25. The molecule has 0 bridgehead atoms. The van der Waals surface area contributed by atoms with Crippen LogP contribution in [0.15, 0.2) is 28.9 Å². The molecular weight excluding hydrogens is 263 g/mol. The monoisotopic (exact) mass is 270 g/mol. The Morgan fingerprint density at radius 2 is 2.12 bits per heavy atom. The van der Waals surface area contributed by atoms with Gasteiger partial charge in [0.25, 0.3) is 5.91 Å². The largest absolute Gasteiger partial charge is 0.448 e. The maximum atomic E-state index is 11.7. The first-order valence-corrected chi connectivity index (χ1v) is 5.50. The highest BCUT2D eigenvalue weighted by Gasteiger charge is 2.11. The lowest BCUT2D eigenvalue weighted by atomic mass is 10.3. The summed E-state index contributed by atoms with van der Waals surface area (Å²) in [6.07, 6.45) is 1.29. The highest BCUT2D eigenvalue weighted by molar-refractivity contribution is 6.42. The summed E-state index contributed by atoms with van der Waals surface area (Å²) in [7, 11) is 0. The van der Waals surface area contributed by atoms with Crippen molar-refractivity contribution in [2.45, 2.75) is 6.92 Å². The van der Waals surface area contributed by atoms with Gasteiger partial charge in [-0.25, -0.2) is 4.98 Å². The van der Waals surface area contributed by atoms with Gasteiger partial charge in [0, 0.05) is 12.6 Å². The first-order valence-electron chi connectivity index (χ1n) is 4.75. The van der Waals surface area contributed by atoms with E-state index in [2.05, 4.69) is 10.3 Å². The fourth-order valence-electron chi connectivity index (χ4n) is 1.24. The second-order valence-electron chi connectivity index (χ2n) is 3.33. The third kappa shape index (κ3) is 2.78. The second-order valence-corrected chi connectivity index (χ2v) is 4.15. The fraction of sp³-hybridized carbons (Fsp3) is 0.0909. The van der Waals surface area contributed by atoms with Crippen LogP contribution in [0.5, 0.6) is 0 Å². The van der Waals surface area contributed by atoms with Crippen molar-refractivity contribution in [3.63, 3.8) is 0 Å². The molecule has 1 heterocycles. The molecule has 1 N–H and O–H groups in total. The van der Waals surface area contributed by atoms with E-state index < -0.39 is 0 Å². The SMILES string of the molecule is Cc1nc(C(=O)Nc2ccc(Cl)c(Cl)c2)co1. The van der Waals surface area contributed by atoms with Crippen molar-refractivity contribution >= 4 is 34.8 Å². The van der Waals surface area contributed by atoms with Crippen LogP contribution in [-0.2, 0) is 0 Å². The van der Waals surface area contributed by atoms with Crippen molar-refractivity contribution in [3.8, 4) is 0 Å². The average molecular weight is 271 g/mol. The first kappa shape index (κ1) is 12.0. The Morgan fingerprint density at radius 3 is 2.71 bits per heavy atom. The molecule has 0 atom stereocenters. The van der Waals surface area contributed by atoms with Crippen LogP contribution in [0.25, 0.3) is 0 Å². The van der Waals surface area contributed by atoms with Gasteiger partial charge in [-0.15, -0.1) is 0 Å². The Bertz CT molecular complexity index is 566. The number of hydrogen-bond acceptors (Lipinski definition) is 3. The van der Waals surface area contributed by atoms with Crippen LogP contribution >= 0.6 is 23.2 Å². The van der Waals surface area contributed by atoms with Gasteiger partial charge < -0.3 is 9.73 Å². The van der Waals surface area contributed by atoms with Gasteiger partial charge >= 0.3 is 0 Å². The normalized spacial score (nSPS) is 10.3. The van der Waals surface area contributed by atoms with Crippen LogP contribution in [0.1, 0.15) is 16.4 Å². The molecule has 0 saturated carbocycles. The number of aryl methyl sites for hydroxylation is 1. The lowest BCUT2D eigenvalue weighted by Crippen LogP contribution is -2.12. The van der Waals surface area contributed by atoms with Crippen LogP contribution in [0.3, 0.4) is 0 Å². The molecule has 0 aliphatic rings. The standard InChI is InChI=1S/C11H8Cl2N2O2/c1-6-14-10(5-17-6)11(16)15-7-2-3-8(12)9(13)4-7/h2-5H,1H3,(H,15,16). The Labute approximate surface area is 108 Å². The van der Waals surface area contributed by atoms with Gasteiger partial charge in [0.15, 0.2) is 11.6 Å². The van der Waals surface area contributed by atoms with Crippen molar-refractivity contribution in [1.29, 1.82) is 0 Å². The highest BCUT2D eigenvalue weighted by atomic mass is 35.5. The van der Waals surface area contributed by atoms with Crippen LogP contribution in [0.2, 0.25) is 10.0 Å². The smallest absolute Gasteiger partial charge is 0.277 e.